The van der Waals surface area contributed by atoms with Gasteiger partial charge in [0.15, 0.2) is 0 Å². The largest absolute Gasteiger partial charge is 0.508 e. The summed E-state index contributed by atoms with van der Waals surface area (Å²) in [5, 5.41) is 43.8. The molecular weight excluding hydrogens is 518 g/mol. The van der Waals surface area contributed by atoms with Crippen LogP contribution in [0.3, 0.4) is 0 Å². The lowest BCUT2D eigenvalue weighted by molar-refractivity contribution is -0.143. The number of amides is 3. The molecule has 0 radical (unpaired) electrons. The standard InChI is InChI=1S/C24H35N5O10/c25-10-2-1-3-16(27-21(35)15(26)12-20(33)34)22(36)29-18(11-13-4-6-14(30)7-5-13)23(37)28-17(24(38)39)8-9-19(31)32/h4-7,15-18,30H,1-3,8-12,25-26H2,(H,27,35)(H,28,37)(H,29,36)(H,31,32)(H,33,34)(H,38,39). The number of carbonyl (C=O) groups excluding carboxylic acids is 3. The van der Waals surface area contributed by atoms with Crippen LogP contribution in [0.5, 0.6) is 5.75 Å². The minimum atomic E-state index is -1.55. The molecule has 1 aromatic carbocycles. The van der Waals surface area contributed by atoms with E-state index in [4.69, 9.17) is 21.7 Å². The van der Waals surface area contributed by atoms with Crippen molar-refractivity contribution in [1.82, 2.24) is 16.0 Å². The zero-order valence-electron chi connectivity index (χ0n) is 21.2. The van der Waals surface area contributed by atoms with Gasteiger partial charge in [0.1, 0.15) is 23.9 Å². The van der Waals surface area contributed by atoms with Gasteiger partial charge in [-0.15, -0.1) is 0 Å². The third kappa shape index (κ3) is 12.7. The van der Waals surface area contributed by atoms with Crippen molar-refractivity contribution in [1.29, 1.82) is 0 Å². The number of benzene rings is 1. The molecule has 0 spiro atoms. The predicted molar refractivity (Wildman–Crippen MR) is 135 cm³/mol. The fourth-order valence-electron chi connectivity index (χ4n) is 3.47. The second kappa shape index (κ2) is 16.6. The van der Waals surface area contributed by atoms with Crippen LogP contribution < -0.4 is 27.4 Å². The van der Waals surface area contributed by atoms with Crippen LogP contribution in [0.4, 0.5) is 0 Å². The molecule has 0 saturated heterocycles. The van der Waals surface area contributed by atoms with Gasteiger partial charge in [-0.3, -0.25) is 24.0 Å². The Morgan fingerprint density at radius 3 is 1.85 bits per heavy atom. The fraction of sp³-hybridized carbons (Fsp3) is 0.500. The number of hydrogen-bond donors (Lipinski definition) is 9. The number of aliphatic carboxylic acids is 3. The van der Waals surface area contributed by atoms with E-state index in [9.17, 15) is 39.0 Å². The van der Waals surface area contributed by atoms with E-state index in [1.54, 1.807) is 0 Å². The molecule has 1 rings (SSSR count). The molecule has 0 aromatic heterocycles. The zero-order valence-corrected chi connectivity index (χ0v) is 21.2. The molecule has 0 bridgehead atoms. The lowest BCUT2D eigenvalue weighted by Crippen LogP contribution is -2.57. The summed E-state index contributed by atoms with van der Waals surface area (Å²) in [6.45, 7) is 0.305. The number of carbonyl (C=O) groups is 6. The van der Waals surface area contributed by atoms with Crippen molar-refractivity contribution >= 4 is 35.6 Å². The van der Waals surface area contributed by atoms with E-state index in [1.165, 1.54) is 24.3 Å². The van der Waals surface area contributed by atoms with Crippen LogP contribution in [0.1, 0.15) is 44.1 Å². The van der Waals surface area contributed by atoms with E-state index < -0.39 is 79.1 Å². The van der Waals surface area contributed by atoms with Crippen LogP contribution in [0, 0.1) is 0 Å². The zero-order chi connectivity index (χ0) is 29.5. The maximum Gasteiger partial charge on any atom is 0.326 e. The summed E-state index contributed by atoms with van der Waals surface area (Å²) in [6, 6.07) is 0.0724. The van der Waals surface area contributed by atoms with Gasteiger partial charge in [-0.05, 0) is 49.9 Å². The van der Waals surface area contributed by atoms with Gasteiger partial charge in [-0.25, -0.2) is 4.79 Å². The Morgan fingerprint density at radius 2 is 1.31 bits per heavy atom. The van der Waals surface area contributed by atoms with E-state index in [0.717, 1.165) is 0 Å². The van der Waals surface area contributed by atoms with Gasteiger partial charge in [-0.1, -0.05) is 12.1 Å². The molecule has 0 aliphatic rings. The highest BCUT2D eigenvalue weighted by Crippen LogP contribution is 2.13. The topological polar surface area (TPSA) is 271 Å². The molecule has 4 unspecified atom stereocenters. The Morgan fingerprint density at radius 1 is 0.744 bits per heavy atom. The summed E-state index contributed by atoms with van der Waals surface area (Å²) in [6.07, 6.45) is -0.783. The van der Waals surface area contributed by atoms with Crippen LogP contribution >= 0.6 is 0 Å². The summed E-state index contributed by atoms with van der Waals surface area (Å²) >= 11 is 0. The number of rotatable bonds is 18. The molecule has 11 N–H and O–H groups in total. The van der Waals surface area contributed by atoms with Crippen molar-refractivity contribution in [2.24, 2.45) is 11.5 Å². The molecule has 15 heteroatoms. The number of nitrogens with one attached hydrogen (secondary N) is 3. The highest BCUT2D eigenvalue weighted by atomic mass is 16.4. The number of hydrogen-bond acceptors (Lipinski definition) is 9. The third-order valence-corrected chi connectivity index (χ3v) is 5.58. The summed E-state index contributed by atoms with van der Waals surface area (Å²) in [7, 11) is 0. The summed E-state index contributed by atoms with van der Waals surface area (Å²) in [5.74, 6) is -6.75. The van der Waals surface area contributed by atoms with Crippen molar-refractivity contribution in [2.45, 2.75) is 69.1 Å². The molecule has 1 aromatic rings. The number of carboxylic acid groups (broad SMARTS) is 3. The normalized spacial score (nSPS) is 13.8. The average Bonchev–Trinajstić information content (AvgIpc) is 2.85. The molecule has 0 heterocycles. The number of phenols is 1. The van der Waals surface area contributed by atoms with Crippen LogP contribution in [0.25, 0.3) is 0 Å². The van der Waals surface area contributed by atoms with Crippen molar-refractivity contribution in [3.63, 3.8) is 0 Å². The second-order valence-electron chi connectivity index (χ2n) is 8.81. The molecule has 0 aliphatic heterocycles. The lowest BCUT2D eigenvalue weighted by atomic mass is 10.0. The lowest BCUT2D eigenvalue weighted by Gasteiger charge is -2.25. The van der Waals surface area contributed by atoms with Gasteiger partial charge in [0, 0.05) is 12.8 Å². The minimum absolute atomic E-state index is 0.0521. The number of carboxylic acids is 3. The van der Waals surface area contributed by atoms with Crippen molar-refractivity contribution in [3.05, 3.63) is 29.8 Å². The maximum absolute atomic E-state index is 13.2. The molecule has 4 atom stereocenters. The molecule has 0 saturated carbocycles. The number of unbranched alkanes of at least 4 members (excludes halogenated alkanes) is 1. The first-order valence-electron chi connectivity index (χ1n) is 12.1. The highest BCUT2D eigenvalue weighted by molar-refractivity contribution is 5.94. The van der Waals surface area contributed by atoms with E-state index in [-0.39, 0.29) is 18.6 Å². The monoisotopic (exact) mass is 553 g/mol. The second-order valence-corrected chi connectivity index (χ2v) is 8.81. The van der Waals surface area contributed by atoms with Gasteiger partial charge in [0.2, 0.25) is 17.7 Å². The Labute approximate surface area is 223 Å². The van der Waals surface area contributed by atoms with Crippen LogP contribution in [0.15, 0.2) is 24.3 Å². The molecule has 39 heavy (non-hydrogen) atoms. The van der Waals surface area contributed by atoms with Crippen molar-refractivity contribution < 1.29 is 49.2 Å². The van der Waals surface area contributed by atoms with Crippen LogP contribution in [-0.2, 0) is 35.2 Å². The van der Waals surface area contributed by atoms with Crippen molar-refractivity contribution in [2.75, 3.05) is 6.54 Å². The van der Waals surface area contributed by atoms with E-state index in [1.807, 2.05) is 0 Å². The molecule has 0 fully saturated rings. The Hall–Kier alpha value is -4.24. The first-order valence-corrected chi connectivity index (χ1v) is 12.1. The van der Waals surface area contributed by atoms with E-state index >= 15 is 0 Å². The number of nitrogens with two attached hydrogens (primary N) is 2. The minimum Gasteiger partial charge on any atom is -0.508 e. The highest BCUT2D eigenvalue weighted by Gasteiger charge is 2.31. The number of phenolic OH excluding ortho intramolecular Hbond substituents is 1. The molecule has 3 amide bonds. The predicted octanol–water partition coefficient (Wildman–Crippen LogP) is -1.73. The van der Waals surface area contributed by atoms with Crippen LogP contribution in [-0.4, -0.2) is 86.8 Å². The van der Waals surface area contributed by atoms with E-state index in [2.05, 4.69) is 16.0 Å². The molecule has 0 aliphatic carbocycles. The fourth-order valence-corrected chi connectivity index (χ4v) is 3.47. The smallest absolute Gasteiger partial charge is 0.326 e. The van der Waals surface area contributed by atoms with Gasteiger partial charge in [0.05, 0.1) is 12.5 Å². The third-order valence-electron chi connectivity index (χ3n) is 5.58. The first kappa shape index (κ1) is 32.8. The molecule has 216 valence electrons. The molecule has 15 nitrogen and oxygen atoms in total. The molecular formula is C24H35N5O10. The quantitative estimate of drug-likeness (QED) is 0.0917. The SMILES string of the molecule is NCCCCC(NC(=O)C(N)CC(=O)O)C(=O)NC(Cc1ccc(O)cc1)C(=O)NC(CCC(=O)O)C(=O)O. The van der Waals surface area contributed by atoms with E-state index in [0.29, 0.717) is 24.9 Å². The Kier molecular flexibility index (Phi) is 13.9. The van der Waals surface area contributed by atoms with Gasteiger partial charge in [-0.2, -0.15) is 0 Å². The Bertz CT molecular complexity index is 1020. The maximum atomic E-state index is 13.2. The summed E-state index contributed by atoms with van der Waals surface area (Å²) in [4.78, 5) is 72.0. The van der Waals surface area contributed by atoms with Gasteiger partial charge >= 0.3 is 17.9 Å². The first-order chi connectivity index (χ1) is 18.3. The Balaban J connectivity index is 3.16. The summed E-state index contributed by atoms with van der Waals surface area (Å²) in [5.41, 5.74) is 11.6. The van der Waals surface area contributed by atoms with Gasteiger partial charge in [0.25, 0.3) is 0 Å². The average molecular weight is 554 g/mol. The van der Waals surface area contributed by atoms with Gasteiger partial charge < -0.3 is 47.8 Å². The summed E-state index contributed by atoms with van der Waals surface area (Å²) < 4.78 is 0. The van der Waals surface area contributed by atoms with Crippen molar-refractivity contribution in [3.8, 4) is 5.75 Å². The van der Waals surface area contributed by atoms with Crippen LogP contribution in [0.2, 0.25) is 0 Å². The number of aromatic hydroxyl groups is 1.